The molecule has 3 rings (SSSR count). The van der Waals surface area contributed by atoms with E-state index in [1.807, 2.05) is 13.8 Å². The number of carbonyl (C=O) groups excluding carboxylic acids is 1. The summed E-state index contributed by atoms with van der Waals surface area (Å²) in [5, 5.41) is 6.49. The predicted molar refractivity (Wildman–Crippen MR) is 70.5 cm³/mol. The molecule has 3 fully saturated rings. The Bertz CT molecular complexity index is 360. The molecule has 5 nitrogen and oxygen atoms in total. The maximum Gasteiger partial charge on any atom is 0.313 e. The summed E-state index contributed by atoms with van der Waals surface area (Å²) in [5.74, 6) is 0.327. The Labute approximate surface area is 114 Å². The second kappa shape index (κ2) is 4.72. The lowest BCUT2D eigenvalue weighted by molar-refractivity contribution is -0.196. The van der Waals surface area contributed by atoms with Crippen LogP contribution >= 0.6 is 0 Å². The van der Waals surface area contributed by atoms with Gasteiger partial charge in [0.25, 0.3) is 0 Å². The van der Waals surface area contributed by atoms with Crippen LogP contribution in [-0.2, 0) is 14.3 Å². The number of nitrogens with one attached hydrogen (secondary N) is 2. The van der Waals surface area contributed by atoms with Gasteiger partial charge in [-0.2, -0.15) is 0 Å². The molecule has 0 aliphatic carbocycles. The molecule has 19 heavy (non-hydrogen) atoms. The van der Waals surface area contributed by atoms with Crippen molar-refractivity contribution in [1.29, 1.82) is 0 Å². The van der Waals surface area contributed by atoms with Gasteiger partial charge in [0.2, 0.25) is 0 Å². The molecule has 2 N–H and O–H groups in total. The summed E-state index contributed by atoms with van der Waals surface area (Å²) in [6, 6.07) is 0. The number of esters is 1. The highest BCUT2D eigenvalue weighted by molar-refractivity contribution is 5.77. The Morgan fingerprint density at radius 3 is 2.47 bits per heavy atom. The second-order valence-electron chi connectivity index (χ2n) is 6.72. The van der Waals surface area contributed by atoms with Crippen molar-refractivity contribution < 1.29 is 14.3 Å². The molecule has 3 heterocycles. The number of ether oxygens (including phenoxy) is 2. The molecular formula is C14H24N2O3. The molecule has 5 heteroatoms. The first-order valence-corrected chi connectivity index (χ1v) is 7.28. The van der Waals surface area contributed by atoms with Crippen LogP contribution in [0.15, 0.2) is 0 Å². The zero-order valence-electron chi connectivity index (χ0n) is 11.8. The van der Waals surface area contributed by atoms with Crippen LogP contribution in [0.4, 0.5) is 0 Å². The average Bonchev–Trinajstić information content (AvgIpc) is 2.32. The molecule has 1 unspecified atom stereocenters. The lowest BCUT2D eigenvalue weighted by Crippen LogP contribution is -2.66. The molecule has 1 spiro atoms. The van der Waals surface area contributed by atoms with Crippen LogP contribution in [0, 0.1) is 16.7 Å². The Morgan fingerprint density at radius 2 is 2.00 bits per heavy atom. The van der Waals surface area contributed by atoms with Crippen molar-refractivity contribution in [3.8, 4) is 0 Å². The highest BCUT2D eigenvalue weighted by Gasteiger charge is 2.52. The van der Waals surface area contributed by atoms with Crippen LogP contribution in [0.2, 0.25) is 0 Å². The van der Waals surface area contributed by atoms with Crippen molar-refractivity contribution in [3.05, 3.63) is 0 Å². The Kier molecular flexibility index (Phi) is 3.31. The molecule has 0 aromatic rings. The van der Waals surface area contributed by atoms with Crippen molar-refractivity contribution in [1.82, 2.24) is 10.6 Å². The Hall–Kier alpha value is -0.650. The third kappa shape index (κ3) is 2.18. The van der Waals surface area contributed by atoms with Gasteiger partial charge in [-0.15, -0.1) is 0 Å². The van der Waals surface area contributed by atoms with Gasteiger partial charge in [0.15, 0.2) is 6.23 Å². The molecule has 108 valence electrons. The molecule has 0 bridgehead atoms. The lowest BCUT2D eigenvalue weighted by Gasteiger charge is -2.52. The van der Waals surface area contributed by atoms with Gasteiger partial charge in [0.1, 0.15) is 0 Å². The first kappa shape index (κ1) is 13.3. The number of hydrogen-bond acceptors (Lipinski definition) is 5. The molecule has 0 aromatic carbocycles. The number of hydrogen-bond donors (Lipinski definition) is 2. The van der Waals surface area contributed by atoms with E-state index in [1.165, 1.54) is 0 Å². The SMILES string of the molecule is CC(C)(C(=O)OC1NCC12CCOCC2)C1CNC1. The number of carbonyl (C=O) groups is 1. The minimum absolute atomic E-state index is 0.0675. The van der Waals surface area contributed by atoms with Crippen molar-refractivity contribution in [2.45, 2.75) is 32.9 Å². The van der Waals surface area contributed by atoms with Crippen LogP contribution in [0.3, 0.4) is 0 Å². The summed E-state index contributed by atoms with van der Waals surface area (Å²) < 4.78 is 11.2. The molecule has 3 saturated heterocycles. The lowest BCUT2D eigenvalue weighted by atomic mass is 9.72. The molecule has 0 aromatic heterocycles. The first-order valence-electron chi connectivity index (χ1n) is 7.28. The normalized spacial score (nSPS) is 30.5. The van der Waals surface area contributed by atoms with Gasteiger partial charge < -0.3 is 14.8 Å². The van der Waals surface area contributed by atoms with Crippen LogP contribution in [0.1, 0.15) is 26.7 Å². The van der Waals surface area contributed by atoms with E-state index in [4.69, 9.17) is 9.47 Å². The Morgan fingerprint density at radius 1 is 1.32 bits per heavy atom. The fraction of sp³-hybridized carbons (Fsp3) is 0.929. The van der Waals surface area contributed by atoms with E-state index in [1.54, 1.807) is 0 Å². The molecule has 3 aliphatic rings. The van der Waals surface area contributed by atoms with Crippen LogP contribution in [0.5, 0.6) is 0 Å². The van der Waals surface area contributed by atoms with E-state index in [2.05, 4.69) is 10.6 Å². The highest BCUT2D eigenvalue weighted by atomic mass is 16.6. The summed E-state index contributed by atoms with van der Waals surface area (Å²) >= 11 is 0. The third-order valence-corrected chi connectivity index (χ3v) is 5.24. The van der Waals surface area contributed by atoms with Crippen molar-refractivity contribution >= 4 is 5.97 Å². The van der Waals surface area contributed by atoms with Gasteiger partial charge in [0, 0.05) is 38.3 Å². The maximum absolute atomic E-state index is 12.4. The monoisotopic (exact) mass is 268 g/mol. The van der Waals surface area contributed by atoms with E-state index in [-0.39, 0.29) is 17.6 Å². The van der Waals surface area contributed by atoms with Gasteiger partial charge in [-0.25, -0.2) is 0 Å². The fourth-order valence-electron chi connectivity index (χ4n) is 3.08. The smallest absolute Gasteiger partial charge is 0.313 e. The maximum atomic E-state index is 12.4. The molecule has 0 radical (unpaired) electrons. The third-order valence-electron chi connectivity index (χ3n) is 5.24. The molecule has 0 saturated carbocycles. The van der Waals surface area contributed by atoms with Gasteiger partial charge in [-0.05, 0) is 32.6 Å². The fourth-order valence-corrected chi connectivity index (χ4v) is 3.08. The van der Waals surface area contributed by atoms with Crippen molar-refractivity contribution in [2.75, 3.05) is 32.8 Å². The Balaban J connectivity index is 1.60. The summed E-state index contributed by atoms with van der Waals surface area (Å²) in [5.41, 5.74) is -0.267. The van der Waals surface area contributed by atoms with Gasteiger partial charge in [-0.3, -0.25) is 10.1 Å². The summed E-state index contributed by atoms with van der Waals surface area (Å²) in [4.78, 5) is 12.4. The summed E-state index contributed by atoms with van der Waals surface area (Å²) in [6.45, 7) is 8.34. The summed E-state index contributed by atoms with van der Waals surface area (Å²) in [6.07, 6.45) is 1.86. The first-order chi connectivity index (χ1) is 9.05. The standard InChI is InChI=1S/C14H24N2O3/c1-13(2,10-7-15-8-10)12(17)19-11-14(9-16-11)3-5-18-6-4-14/h10-11,15-16H,3-9H2,1-2H3. The topological polar surface area (TPSA) is 59.6 Å². The van der Waals surface area contributed by atoms with Gasteiger partial charge in [0.05, 0.1) is 5.41 Å². The molecule has 3 aliphatic heterocycles. The minimum atomic E-state index is -0.394. The minimum Gasteiger partial charge on any atom is -0.445 e. The van der Waals surface area contributed by atoms with Crippen molar-refractivity contribution in [3.63, 3.8) is 0 Å². The van der Waals surface area contributed by atoms with Gasteiger partial charge >= 0.3 is 5.97 Å². The molecule has 1 atom stereocenters. The largest absolute Gasteiger partial charge is 0.445 e. The summed E-state index contributed by atoms with van der Waals surface area (Å²) in [7, 11) is 0. The predicted octanol–water partition coefficient (Wildman–Crippen LogP) is 0.501. The second-order valence-corrected chi connectivity index (χ2v) is 6.72. The van der Waals surface area contributed by atoms with Crippen LogP contribution in [0.25, 0.3) is 0 Å². The van der Waals surface area contributed by atoms with Crippen molar-refractivity contribution in [2.24, 2.45) is 16.7 Å². The average molecular weight is 268 g/mol. The van der Waals surface area contributed by atoms with E-state index >= 15 is 0 Å². The number of rotatable bonds is 3. The zero-order valence-corrected chi connectivity index (χ0v) is 11.8. The van der Waals surface area contributed by atoms with Gasteiger partial charge in [-0.1, -0.05) is 0 Å². The van der Waals surface area contributed by atoms with E-state index in [0.29, 0.717) is 5.92 Å². The van der Waals surface area contributed by atoms with Crippen LogP contribution < -0.4 is 10.6 Å². The van der Waals surface area contributed by atoms with Crippen LogP contribution in [-0.4, -0.2) is 45.0 Å². The quantitative estimate of drug-likeness (QED) is 0.730. The highest BCUT2D eigenvalue weighted by Crippen LogP contribution is 2.41. The molecular weight excluding hydrogens is 244 g/mol. The molecule has 0 amide bonds. The zero-order chi connectivity index (χ0) is 13.5. The van der Waals surface area contributed by atoms with E-state index in [9.17, 15) is 4.79 Å². The van der Waals surface area contributed by atoms with E-state index < -0.39 is 5.41 Å². The van der Waals surface area contributed by atoms with E-state index in [0.717, 1.165) is 45.7 Å².